The average Bonchev–Trinajstić information content (AvgIpc) is 2.44. The molecule has 4 aliphatic carbocycles. The van der Waals surface area contributed by atoms with Crippen LogP contribution in [0.5, 0.6) is 5.75 Å². The summed E-state index contributed by atoms with van der Waals surface area (Å²) < 4.78 is 5.47. The van der Waals surface area contributed by atoms with E-state index in [2.05, 4.69) is 5.32 Å². The minimum Gasteiger partial charge on any atom is -0.496 e. The van der Waals surface area contributed by atoms with Crippen molar-refractivity contribution in [1.29, 1.82) is 0 Å². The minimum absolute atomic E-state index is 0.374. The van der Waals surface area contributed by atoms with Crippen molar-refractivity contribution < 1.29 is 4.74 Å². The van der Waals surface area contributed by atoms with Crippen molar-refractivity contribution in [1.82, 2.24) is 5.32 Å². The van der Waals surface area contributed by atoms with Crippen LogP contribution in [0.25, 0.3) is 0 Å². The molecule has 114 valence electrons. The number of hydrogen-bond donors (Lipinski definition) is 1. The Balaban J connectivity index is 1.52. The Hall–Kier alpha value is -0.730. The second-order valence-corrected chi connectivity index (χ2v) is 7.88. The van der Waals surface area contributed by atoms with Crippen molar-refractivity contribution in [3.05, 3.63) is 28.8 Å². The van der Waals surface area contributed by atoms with Gasteiger partial charge in [-0.2, -0.15) is 0 Å². The number of nitrogens with one attached hydrogen (secondary N) is 1. The molecular formula is C18H24ClNO. The largest absolute Gasteiger partial charge is 0.496 e. The maximum absolute atomic E-state index is 6.37. The predicted octanol–water partition coefficient (Wildman–Crippen LogP) is 4.41. The van der Waals surface area contributed by atoms with Gasteiger partial charge in [-0.3, -0.25) is 0 Å². The van der Waals surface area contributed by atoms with Gasteiger partial charge in [0, 0.05) is 22.7 Å². The van der Waals surface area contributed by atoms with E-state index in [0.29, 0.717) is 5.54 Å². The summed E-state index contributed by atoms with van der Waals surface area (Å²) in [4.78, 5) is 0. The third-order valence-corrected chi connectivity index (χ3v) is 6.33. The van der Waals surface area contributed by atoms with Gasteiger partial charge >= 0.3 is 0 Å². The molecule has 0 radical (unpaired) electrons. The van der Waals surface area contributed by atoms with E-state index in [4.69, 9.17) is 16.3 Å². The summed E-state index contributed by atoms with van der Waals surface area (Å²) in [5, 5.41) is 4.71. The van der Waals surface area contributed by atoms with Gasteiger partial charge in [0.25, 0.3) is 0 Å². The summed E-state index contributed by atoms with van der Waals surface area (Å²) >= 11 is 6.37. The van der Waals surface area contributed by atoms with Gasteiger partial charge in [0.2, 0.25) is 0 Å². The summed E-state index contributed by atoms with van der Waals surface area (Å²) in [5.74, 6) is 3.81. The number of ether oxygens (including phenoxy) is 1. The number of methoxy groups -OCH3 is 1. The van der Waals surface area contributed by atoms with Gasteiger partial charge in [-0.15, -0.1) is 0 Å². The Bertz CT molecular complexity index is 507. The molecule has 0 unspecified atom stereocenters. The molecule has 0 aromatic heterocycles. The molecule has 5 rings (SSSR count). The summed E-state index contributed by atoms with van der Waals surface area (Å²) in [5.41, 5.74) is 1.48. The zero-order valence-electron chi connectivity index (χ0n) is 12.7. The van der Waals surface area contributed by atoms with Crippen molar-refractivity contribution in [3.8, 4) is 5.75 Å². The number of rotatable bonds is 4. The van der Waals surface area contributed by atoms with Crippen LogP contribution < -0.4 is 10.1 Å². The monoisotopic (exact) mass is 305 g/mol. The van der Waals surface area contributed by atoms with E-state index in [1.54, 1.807) is 7.11 Å². The first-order valence-corrected chi connectivity index (χ1v) is 8.62. The summed E-state index contributed by atoms with van der Waals surface area (Å²) in [7, 11) is 1.72. The minimum atomic E-state index is 0.374. The van der Waals surface area contributed by atoms with E-state index in [0.717, 1.165) is 40.6 Å². The zero-order chi connectivity index (χ0) is 14.4. The van der Waals surface area contributed by atoms with Gasteiger partial charge in [-0.05, 0) is 68.4 Å². The molecule has 21 heavy (non-hydrogen) atoms. The van der Waals surface area contributed by atoms with E-state index in [1.165, 1.54) is 38.5 Å². The average molecular weight is 306 g/mol. The van der Waals surface area contributed by atoms with Crippen molar-refractivity contribution in [2.45, 2.75) is 50.6 Å². The quantitative estimate of drug-likeness (QED) is 0.890. The standard InChI is InChI=1S/C18H24ClNO/c1-21-17-4-2-3-16(19)15(17)11-20-18-8-12-5-13(9-18)7-14(6-12)10-18/h2-4,12-14,20H,5-11H2,1H3. The molecule has 4 bridgehead atoms. The van der Waals surface area contributed by atoms with Gasteiger partial charge in [0.05, 0.1) is 7.11 Å². The van der Waals surface area contributed by atoms with Crippen LogP contribution in [0.3, 0.4) is 0 Å². The lowest BCUT2D eigenvalue weighted by atomic mass is 9.53. The Kier molecular flexibility index (Phi) is 3.42. The summed E-state index contributed by atoms with van der Waals surface area (Å²) in [6.45, 7) is 0.828. The number of halogens is 1. The number of hydrogen-bond acceptors (Lipinski definition) is 2. The predicted molar refractivity (Wildman–Crippen MR) is 85.7 cm³/mol. The second-order valence-electron chi connectivity index (χ2n) is 7.47. The fourth-order valence-electron chi connectivity index (χ4n) is 5.50. The molecule has 4 saturated carbocycles. The zero-order valence-corrected chi connectivity index (χ0v) is 13.5. The highest BCUT2D eigenvalue weighted by Crippen LogP contribution is 2.55. The van der Waals surface area contributed by atoms with Gasteiger partial charge in [-0.25, -0.2) is 0 Å². The van der Waals surface area contributed by atoms with Crippen LogP contribution in [0, 0.1) is 17.8 Å². The molecule has 0 aliphatic heterocycles. The Morgan fingerprint density at radius 1 is 1.14 bits per heavy atom. The maximum Gasteiger partial charge on any atom is 0.124 e. The van der Waals surface area contributed by atoms with E-state index >= 15 is 0 Å². The molecular weight excluding hydrogens is 282 g/mol. The third-order valence-electron chi connectivity index (χ3n) is 5.97. The molecule has 0 atom stereocenters. The highest BCUT2D eigenvalue weighted by molar-refractivity contribution is 6.31. The molecule has 0 saturated heterocycles. The van der Waals surface area contributed by atoms with Crippen molar-refractivity contribution in [2.75, 3.05) is 7.11 Å². The second kappa shape index (κ2) is 5.17. The fourth-order valence-corrected chi connectivity index (χ4v) is 5.74. The van der Waals surface area contributed by atoms with Gasteiger partial charge < -0.3 is 10.1 Å². The van der Waals surface area contributed by atoms with Crippen LogP contribution in [0.1, 0.15) is 44.1 Å². The van der Waals surface area contributed by atoms with E-state index in [1.807, 2.05) is 18.2 Å². The van der Waals surface area contributed by atoms with Crippen LogP contribution in [0.2, 0.25) is 5.02 Å². The lowest BCUT2D eigenvalue weighted by Crippen LogP contribution is -2.58. The van der Waals surface area contributed by atoms with Crippen molar-refractivity contribution in [3.63, 3.8) is 0 Å². The molecule has 4 fully saturated rings. The number of benzene rings is 1. The Morgan fingerprint density at radius 3 is 2.33 bits per heavy atom. The van der Waals surface area contributed by atoms with Crippen LogP contribution in [0.4, 0.5) is 0 Å². The smallest absolute Gasteiger partial charge is 0.124 e. The molecule has 0 spiro atoms. The SMILES string of the molecule is COc1cccc(Cl)c1CNC12CC3CC(CC(C3)C1)C2. The topological polar surface area (TPSA) is 21.3 Å². The van der Waals surface area contributed by atoms with Gasteiger partial charge in [0.1, 0.15) is 5.75 Å². The Morgan fingerprint density at radius 2 is 1.76 bits per heavy atom. The first kappa shape index (κ1) is 13.9. The van der Waals surface area contributed by atoms with Gasteiger partial charge in [0.15, 0.2) is 0 Å². The third kappa shape index (κ3) is 2.47. The highest BCUT2D eigenvalue weighted by Gasteiger charge is 2.50. The fraction of sp³-hybridized carbons (Fsp3) is 0.667. The van der Waals surface area contributed by atoms with E-state index < -0.39 is 0 Å². The highest BCUT2D eigenvalue weighted by atomic mass is 35.5. The molecule has 2 nitrogen and oxygen atoms in total. The van der Waals surface area contributed by atoms with Crippen LogP contribution in [-0.4, -0.2) is 12.6 Å². The van der Waals surface area contributed by atoms with Crippen molar-refractivity contribution in [2.24, 2.45) is 17.8 Å². The Labute approximate surface area is 132 Å². The molecule has 0 amide bonds. The lowest BCUT2D eigenvalue weighted by Gasteiger charge is -2.57. The van der Waals surface area contributed by atoms with Crippen LogP contribution >= 0.6 is 11.6 Å². The molecule has 1 aromatic carbocycles. The molecule has 4 aliphatic rings. The molecule has 1 N–H and O–H groups in total. The van der Waals surface area contributed by atoms with E-state index in [-0.39, 0.29) is 0 Å². The van der Waals surface area contributed by atoms with Crippen LogP contribution in [-0.2, 0) is 6.54 Å². The first-order chi connectivity index (χ1) is 10.2. The molecule has 0 heterocycles. The maximum atomic E-state index is 6.37. The normalized spacial score (nSPS) is 37.0. The van der Waals surface area contributed by atoms with Gasteiger partial charge in [-0.1, -0.05) is 17.7 Å². The van der Waals surface area contributed by atoms with Crippen molar-refractivity contribution >= 4 is 11.6 Å². The summed E-state index contributed by atoms with van der Waals surface area (Å²) in [6.07, 6.45) is 8.55. The van der Waals surface area contributed by atoms with Crippen LogP contribution in [0.15, 0.2) is 18.2 Å². The first-order valence-electron chi connectivity index (χ1n) is 8.24. The molecule has 1 aromatic rings. The summed E-state index contributed by atoms with van der Waals surface area (Å²) in [6, 6.07) is 5.92. The molecule has 3 heteroatoms. The lowest BCUT2D eigenvalue weighted by molar-refractivity contribution is -0.0206. The van der Waals surface area contributed by atoms with E-state index in [9.17, 15) is 0 Å².